The number of hydrogen-bond acceptors (Lipinski definition) is 3. The summed E-state index contributed by atoms with van der Waals surface area (Å²) in [6, 6.07) is 3.81. The normalized spacial score (nSPS) is 15.7. The molecule has 0 saturated carbocycles. The lowest BCUT2D eigenvalue weighted by atomic mass is 10.1. The lowest BCUT2D eigenvalue weighted by Gasteiger charge is -2.23. The predicted molar refractivity (Wildman–Crippen MR) is 74.4 cm³/mol. The highest BCUT2D eigenvalue weighted by atomic mass is 35.5. The average Bonchev–Trinajstić information content (AvgIpc) is 2.42. The minimum absolute atomic E-state index is 0.0604. The Hall–Kier alpha value is -1.79. The fourth-order valence-electron chi connectivity index (χ4n) is 1.94. The van der Waals surface area contributed by atoms with E-state index in [1.54, 1.807) is 0 Å². The van der Waals surface area contributed by atoms with Crippen molar-refractivity contribution in [3.63, 3.8) is 0 Å². The summed E-state index contributed by atoms with van der Waals surface area (Å²) in [5.41, 5.74) is 0.340. The zero-order chi connectivity index (χ0) is 14.5. The van der Waals surface area contributed by atoms with Crippen LogP contribution in [-0.2, 0) is 4.74 Å². The van der Waals surface area contributed by atoms with Gasteiger partial charge in [0.1, 0.15) is 0 Å². The van der Waals surface area contributed by atoms with Crippen LogP contribution >= 0.6 is 11.6 Å². The number of urea groups is 1. The fourth-order valence-corrected chi connectivity index (χ4v) is 2.10. The smallest absolute Gasteiger partial charge is 0.335 e. The van der Waals surface area contributed by atoms with Crippen LogP contribution in [-0.4, -0.2) is 36.4 Å². The second-order valence-corrected chi connectivity index (χ2v) is 4.89. The zero-order valence-corrected chi connectivity index (χ0v) is 11.4. The van der Waals surface area contributed by atoms with E-state index in [4.69, 9.17) is 21.4 Å². The molecule has 108 valence electrons. The molecule has 0 bridgehead atoms. The molecule has 0 atom stereocenters. The topological polar surface area (TPSA) is 87.7 Å². The van der Waals surface area contributed by atoms with E-state index >= 15 is 0 Å². The Morgan fingerprint density at radius 3 is 2.65 bits per heavy atom. The van der Waals surface area contributed by atoms with Gasteiger partial charge >= 0.3 is 12.0 Å². The maximum Gasteiger partial charge on any atom is 0.335 e. The summed E-state index contributed by atoms with van der Waals surface area (Å²) in [7, 11) is 0. The zero-order valence-electron chi connectivity index (χ0n) is 10.7. The number of carboxylic acid groups (broad SMARTS) is 1. The third kappa shape index (κ3) is 3.85. The van der Waals surface area contributed by atoms with Crippen LogP contribution in [0, 0.1) is 0 Å². The maximum absolute atomic E-state index is 11.8. The first-order valence-corrected chi connectivity index (χ1v) is 6.62. The van der Waals surface area contributed by atoms with Gasteiger partial charge in [-0.15, -0.1) is 0 Å². The number of benzene rings is 1. The van der Waals surface area contributed by atoms with Crippen LogP contribution in [0.4, 0.5) is 10.5 Å². The van der Waals surface area contributed by atoms with E-state index in [9.17, 15) is 9.59 Å². The number of hydrogen-bond donors (Lipinski definition) is 3. The highest BCUT2D eigenvalue weighted by Crippen LogP contribution is 2.23. The van der Waals surface area contributed by atoms with Crippen molar-refractivity contribution in [1.29, 1.82) is 0 Å². The largest absolute Gasteiger partial charge is 0.478 e. The molecule has 0 unspecified atom stereocenters. The van der Waals surface area contributed by atoms with E-state index in [1.165, 1.54) is 18.2 Å². The van der Waals surface area contributed by atoms with Crippen molar-refractivity contribution in [2.45, 2.75) is 18.9 Å². The Kier molecular flexibility index (Phi) is 4.81. The molecule has 7 heteroatoms. The van der Waals surface area contributed by atoms with Crippen molar-refractivity contribution in [1.82, 2.24) is 5.32 Å². The van der Waals surface area contributed by atoms with Crippen LogP contribution < -0.4 is 10.6 Å². The first-order chi connectivity index (χ1) is 9.56. The first-order valence-electron chi connectivity index (χ1n) is 6.24. The molecule has 2 rings (SSSR count). The van der Waals surface area contributed by atoms with Crippen molar-refractivity contribution in [2.24, 2.45) is 0 Å². The van der Waals surface area contributed by atoms with Gasteiger partial charge in [0.25, 0.3) is 0 Å². The molecule has 2 amide bonds. The minimum atomic E-state index is -1.07. The minimum Gasteiger partial charge on any atom is -0.478 e. The van der Waals surface area contributed by atoms with E-state index < -0.39 is 12.0 Å². The number of carbonyl (C=O) groups is 2. The van der Waals surface area contributed by atoms with Gasteiger partial charge in [0.15, 0.2) is 0 Å². The van der Waals surface area contributed by atoms with Gasteiger partial charge in [-0.3, -0.25) is 0 Å². The van der Waals surface area contributed by atoms with Gasteiger partial charge in [0.05, 0.1) is 16.3 Å². The molecule has 1 aliphatic heterocycles. The number of rotatable bonds is 3. The quantitative estimate of drug-likeness (QED) is 0.799. The Balaban J connectivity index is 1.99. The van der Waals surface area contributed by atoms with Crippen LogP contribution in [0.5, 0.6) is 0 Å². The third-order valence-corrected chi connectivity index (χ3v) is 3.35. The number of carboxylic acids is 1. The SMILES string of the molecule is O=C(Nc1cc(C(=O)O)ccc1Cl)NC1CCOCC1. The fraction of sp³-hybridized carbons (Fsp3) is 0.385. The molecular weight excluding hydrogens is 284 g/mol. The molecule has 0 aliphatic carbocycles. The molecule has 0 aromatic heterocycles. The van der Waals surface area contributed by atoms with Crippen molar-refractivity contribution >= 4 is 29.3 Å². The van der Waals surface area contributed by atoms with Gasteiger partial charge in [0.2, 0.25) is 0 Å². The third-order valence-electron chi connectivity index (χ3n) is 3.02. The number of aromatic carboxylic acids is 1. The molecule has 1 fully saturated rings. The van der Waals surface area contributed by atoms with Gasteiger partial charge in [-0.25, -0.2) is 9.59 Å². The summed E-state index contributed by atoms with van der Waals surface area (Å²) in [5, 5.41) is 14.6. The Bertz CT molecular complexity index is 515. The highest BCUT2D eigenvalue weighted by molar-refractivity contribution is 6.33. The van der Waals surface area contributed by atoms with Gasteiger partial charge in [-0.05, 0) is 31.0 Å². The standard InChI is InChI=1S/C13H15ClN2O4/c14-10-2-1-8(12(17)18)7-11(10)16-13(19)15-9-3-5-20-6-4-9/h1-2,7,9H,3-6H2,(H,17,18)(H2,15,16,19). The van der Waals surface area contributed by atoms with E-state index in [2.05, 4.69) is 10.6 Å². The number of halogens is 1. The number of ether oxygens (including phenoxy) is 1. The van der Waals surface area contributed by atoms with Crippen LogP contribution in [0.3, 0.4) is 0 Å². The molecule has 0 radical (unpaired) electrons. The van der Waals surface area contributed by atoms with Crippen molar-refractivity contribution < 1.29 is 19.4 Å². The lowest BCUT2D eigenvalue weighted by Crippen LogP contribution is -2.41. The van der Waals surface area contributed by atoms with Crippen molar-refractivity contribution in [3.8, 4) is 0 Å². The van der Waals surface area contributed by atoms with E-state index in [-0.39, 0.29) is 22.3 Å². The number of amides is 2. The molecular formula is C13H15ClN2O4. The molecule has 1 heterocycles. The number of anilines is 1. The van der Waals surface area contributed by atoms with Crippen molar-refractivity contribution in [2.75, 3.05) is 18.5 Å². The molecule has 6 nitrogen and oxygen atoms in total. The van der Waals surface area contributed by atoms with Crippen LogP contribution in [0.25, 0.3) is 0 Å². The number of nitrogens with one attached hydrogen (secondary N) is 2. The molecule has 1 aromatic carbocycles. The summed E-state index contributed by atoms with van der Waals surface area (Å²) in [6.45, 7) is 1.25. The molecule has 3 N–H and O–H groups in total. The Labute approximate surface area is 121 Å². The summed E-state index contributed by atoms with van der Waals surface area (Å²) in [4.78, 5) is 22.7. The average molecular weight is 299 g/mol. The summed E-state index contributed by atoms with van der Waals surface area (Å²) in [5.74, 6) is -1.07. The monoisotopic (exact) mass is 298 g/mol. The predicted octanol–water partition coefficient (Wildman–Crippen LogP) is 2.34. The Morgan fingerprint density at radius 1 is 1.30 bits per heavy atom. The van der Waals surface area contributed by atoms with Gasteiger partial charge in [-0.2, -0.15) is 0 Å². The van der Waals surface area contributed by atoms with Crippen molar-refractivity contribution in [3.05, 3.63) is 28.8 Å². The molecule has 1 aromatic rings. The summed E-state index contributed by atoms with van der Waals surface area (Å²) < 4.78 is 5.20. The van der Waals surface area contributed by atoms with Crippen LogP contribution in [0.15, 0.2) is 18.2 Å². The van der Waals surface area contributed by atoms with Crippen LogP contribution in [0.2, 0.25) is 5.02 Å². The molecule has 1 saturated heterocycles. The molecule has 20 heavy (non-hydrogen) atoms. The molecule has 1 aliphatic rings. The second-order valence-electron chi connectivity index (χ2n) is 4.48. The summed E-state index contributed by atoms with van der Waals surface area (Å²) >= 11 is 5.93. The van der Waals surface area contributed by atoms with Gasteiger partial charge in [0, 0.05) is 19.3 Å². The molecule has 0 spiro atoms. The van der Waals surface area contributed by atoms with E-state index in [0.717, 1.165) is 12.8 Å². The summed E-state index contributed by atoms with van der Waals surface area (Å²) in [6.07, 6.45) is 1.52. The number of carbonyl (C=O) groups excluding carboxylic acids is 1. The second kappa shape index (κ2) is 6.58. The van der Waals surface area contributed by atoms with E-state index in [1.807, 2.05) is 0 Å². The first kappa shape index (κ1) is 14.6. The van der Waals surface area contributed by atoms with Crippen LogP contribution in [0.1, 0.15) is 23.2 Å². The van der Waals surface area contributed by atoms with E-state index in [0.29, 0.717) is 13.2 Å². The lowest BCUT2D eigenvalue weighted by molar-refractivity contribution is 0.0696. The Morgan fingerprint density at radius 2 is 2.00 bits per heavy atom. The van der Waals surface area contributed by atoms with Gasteiger partial charge < -0.3 is 20.5 Å². The maximum atomic E-state index is 11.8. The van der Waals surface area contributed by atoms with Gasteiger partial charge in [-0.1, -0.05) is 11.6 Å². The highest BCUT2D eigenvalue weighted by Gasteiger charge is 2.17.